The number of anilines is 2. The van der Waals surface area contributed by atoms with Gasteiger partial charge in [-0.15, -0.1) is 11.3 Å². The van der Waals surface area contributed by atoms with E-state index in [0.717, 1.165) is 35.8 Å². The third-order valence-corrected chi connectivity index (χ3v) is 7.06. The van der Waals surface area contributed by atoms with Crippen LogP contribution in [0.4, 0.5) is 11.4 Å². The van der Waals surface area contributed by atoms with Crippen molar-refractivity contribution in [3.63, 3.8) is 0 Å². The maximum absolute atomic E-state index is 12.8. The third kappa shape index (κ3) is 4.45. The molecule has 5 nitrogen and oxygen atoms in total. The van der Waals surface area contributed by atoms with Crippen molar-refractivity contribution in [2.45, 2.75) is 32.1 Å². The van der Waals surface area contributed by atoms with E-state index in [-0.39, 0.29) is 17.7 Å². The second kappa shape index (κ2) is 9.06. The van der Waals surface area contributed by atoms with Crippen molar-refractivity contribution in [2.75, 3.05) is 17.7 Å². The Morgan fingerprint density at radius 3 is 2.50 bits per heavy atom. The zero-order valence-corrected chi connectivity index (χ0v) is 18.2. The smallest absolute Gasteiger partial charge is 0.267 e. The van der Waals surface area contributed by atoms with Crippen molar-refractivity contribution in [2.24, 2.45) is 5.92 Å². The van der Waals surface area contributed by atoms with E-state index in [1.807, 2.05) is 30.3 Å². The Morgan fingerprint density at radius 1 is 1.03 bits per heavy atom. The molecular weight excluding hydrogens is 420 g/mol. The average molecular weight is 443 g/mol. The Balaban J connectivity index is 1.48. The lowest BCUT2D eigenvalue weighted by atomic mass is 9.88. The number of hydrogen-bond donors (Lipinski definition) is 2. The number of rotatable bonds is 5. The van der Waals surface area contributed by atoms with Crippen molar-refractivity contribution in [3.8, 4) is 5.75 Å². The summed E-state index contributed by atoms with van der Waals surface area (Å²) in [6, 6.07) is 12.7. The van der Waals surface area contributed by atoms with Gasteiger partial charge in [-0.1, -0.05) is 36.9 Å². The van der Waals surface area contributed by atoms with E-state index in [9.17, 15) is 9.59 Å². The maximum Gasteiger partial charge on any atom is 0.267 e. The molecule has 0 spiro atoms. The summed E-state index contributed by atoms with van der Waals surface area (Å²) >= 11 is 7.77. The van der Waals surface area contributed by atoms with Gasteiger partial charge in [0.2, 0.25) is 5.91 Å². The lowest BCUT2D eigenvalue weighted by Gasteiger charge is -2.20. The number of halogens is 1. The van der Waals surface area contributed by atoms with Crippen LogP contribution in [0.25, 0.3) is 10.1 Å². The van der Waals surface area contributed by atoms with Crippen LogP contribution < -0.4 is 15.4 Å². The summed E-state index contributed by atoms with van der Waals surface area (Å²) in [5.41, 5.74) is 1.28. The van der Waals surface area contributed by atoms with Crippen LogP contribution in [0.5, 0.6) is 5.75 Å². The van der Waals surface area contributed by atoms with Gasteiger partial charge in [0.15, 0.2) is 0 Å². The molecule has 2 amide bonds. The minimum absolute atomic E-state index is 0.0553. The van der Waals surface area contributed by atoms with Crippen LogP contribution in [0.15, 0.2) is 42.5 Å². The van der Waals surface area contributed by atoms with Gasteiger partial charge in [-0.25, -0.2) is 0 Å². The fourth-order valence-corrected chi connectivity index (χ4v) is 5.23. The van der Waals surface area contributed by atoms with Gasteiger partial charge >= 0.3 is 0 Å². The van der Waals surface area contributed by atoms with E-state index in [1.165, 1.54) is 17.8 Å². The van der Waals surface area contributed by atoms with Gasteiger partial charge < -0.3 is 15.4 Å². The first kappa shape index (κ1) is 20.7. The highest BCUT2D eigenvalue weighted by Crippen LogP contribution is 2.37. The zero-order chi connectivity index (χ0) is 21.1. The number of ether oxygens (including phenoxy) is 1. The number of thiophene rings is 1. The fraction of sp³-hybridized carbons (Fsp3) is 0.304. The number of nitrogens with one attached hydrogen (secondary N) is 2. The van der Waals surface area contributed by atoms with Crippen molar-refractivity contribution in [3.05, 3.63) is 52.4 Å². The molecule has 30 heavy (non-hydrogen) atoms. The Hall–Kier alpha value is -2.57. The molecule has 2 N–H and O–H groups in total. The molecule has 1 aromatic heterocycles. The van der Waals surface area contributed by atoms with Crippen molar-refractivity contribution in [1.82, 2.24) is 0 Å². The first-order chi connectivity index (χ1) is 14.5. The Morgan fingerprint density at radius 2 is 1.77 bits per heavy atom. The molecule has 0 aliphatic heterocycles. The van der Waals surface area contributed by atoms with Gasteiger partial charge in [-0.2, -0.15) is 0 Å². The van der Waals surface area contributed by atoms with E-state index in [4.69, 9.17) is 16.3 Å². The van der Waals surface area contributed by atoms with Crippen LogP contribution in [0.3, 0.4) is 0 Å². The molecule has 7 heteroatoms. The Bertz CT molecular complexity index is 1090. The molecule has 1 aliphatic carbocycles. The molecule has 2 aromatic carbocycles. The summed E-state index contributed by atoms with van der Waals surface area (Å²) in [6.07, 6.45) is 5.30. The number of methoxy groups -OCH3 is 1. The largest absolute Gasteiger partial charge is 0.497 e. The second-order valence-electron chi connectivity index (χ2n) is 7.47. The highest BCUT2D eigenvalue weighted by Gasteiger charge is 2.21. The fourth-order valence-electron chi connectivity index (χ4n) is 3.79. The van der Waals surface area contributed by atoms with Gasteiger partial charge in [0.05, 0.1) is 12.1 Å². The highest BCUT2D eigenvalue weighted by atomic mass is 35.5. The molecule has 1 aliphatic rings. The van der Waals surface area contributed by atoms with Crippen LogP contribution in [-0.2, 0) is 4.79 Å². The van der Waals surface area contributed by atoms with E-state index in [1.54, 1.807) is 19.2 Å². The lowest BCUT2D eigenvalue weighted by molar-refractivity contribution is -0.120. The lowest BCUT2D eigenvalue weighted by Crippen LogP contribution is -2.24. The Kier molecular flexibility index (Phi) is 6.25. The van der Waals surface area contributed by atoms with Crippen LogP contribution in [0.2, 0.25) is 5.02 Å². The molecule has 0 radical (unpaired) electrons. The Labute approximate surface area is 184 Å². The minimum Gasteiger partial charge on any atom is -0.497 e. The third-order valence-electron chi connectivity index (χ3n) is 5.41. The van der Waals surface area contributed by atoms with E-state index >= 15 is 0 Å². The molecule has 0 atom stereocenters. The SMILES string of the molecule is COc1ccc2c(Cl)c(C(=O)Nc3cccc(NC(=O)C4CCCCC4)c3)sc2c1. The molecule has 0 unspecified atom stereocenters. The second-order valence-corrected chi connectivity index (χ2v) is 8.90. The first-order valence-electron chi connectivity index (χ1n) is 10.0. The topological polar surface area (TPSA) is 67.4 Å². The van der Waals surface area contributed by atoms with Crippen molar-refractivity contribution < 1.29 is 14.3 Å². The number of carbonyl (C=O) groups is 2. The normalized spacial score (nSPS) is 14.5. The van der Waals surface area contributed by atoms with E-state index in [2.05, 4.69) is 10.6 Å². The molecule has 0 bridgehead atoms. The van der Waals surface area contributed by atoms with Gasteiger partial charge in [-0.05, 0) is 49.2 Å². The zero-order valence-electron chi connectivity index (χ0n) is 16.7. The van der Waals surface area contributed by atoms with Crippen LogP contribution >= 0.6 is 22.9 Å². The first-order valence-corrected chi connectivity index (χ1v) is 11.2. The van der Waals surface area contributed by atoms with Crippen molar-refractivity contribution >= 4 is 56.2 Å². The standard InChI is InChI=1S/C23H23ClN2O3S/c1-29-17-10-11-18-19(13-17)30-21(20(18)24)23(28)26-16-9-5-8-15(12-16)25-22(27)14-6-3-2-4-7-14/h5,8-14H,2-4,6-7H2,1H3,(H,25,27)(H,26,28). The predicted molar refractivity (Wildman–Crippen MR) is 123 cm³/mol. The predicted octanol–water partition coefficient (Wildman–Crippen LogP) is 6.33. The maximum atomic E-state index is 12.8. The van der Waals surface area contributed by atoms with Crippen LogP contribution in [0.1, 0.15) is 41.8 Å². The summed E-state index contributed by atoms with van der Waals surface area (Å²) in [5.74, 6) is 0.565. The average Bonchev–Trinajstić information content (AvgIpc) is 3.10. The summed E-state index contributed by atoms with van der Waals surface area (Å²) in [7, 11) is 1.60. The number of benzene rings is 2. The molecule has 1 fully saturated rings. The molecule has 0 saturated heterocycles. The molecule has 3 aromatic rings. The molecule has 4 rings (SSSR count). The van der Waals surface area contributed by atoms with Crippen LogP contribution in [0, 0.1) is 5.92 Å². The van der Waals surface area contributed by atoms with Gasteiger partial charge in [0, 0.05) is 27.4 Å². The number of carbonyl (C=O) groups excluding carboxylic acids is 2. The van der Waals surface area contributed by atoms with E-state index in [0.29, 0.717) is 27.0 Å². The summed E-state index contributed by atoms with van der Waals surface area (Å²) < 4.78 is 6.13. The minimum atomic E-state index is -0.282. The summed E-state index contributed by atoms with van der Waals surface area (Å²) in [6.45, 7) is 0. The molecule has 156 valence electrons. The molecule has 1 heterocycles. The highest BCUT2D eigenvalue weighted by molar-refractivity contribution is 7.21. The van der Waals surface area contributed by atoms with Gasteiger partial charge in [-0.3, -0.25) is 9.59 Å². The van der Waals surface area contributed by atoms with E-state index < -0.39 is 0 Å². The number of hydrogen-bond acceptors (Lipinski definition) is 4. The monoisotopic (exact) mass is 442 g/mol. The quantitative estimate of drug-likeness (QED) is 0.484. The summed E-state index contributed by atoms with van der Waals surface area (Å²) in [4.78, 5) is 25.8. The van der Waals surface area contributed by atoms with Gasteiger partial charge in [0.1, 0.15) is 10.6 Å². The van der Waals surface area contributed by atoms with Crippen molar-refractivity contribution in [1.29, 1.82) is 0 Å². The number of fused-ring (bicyclic) bond motifs is 1. The molecule has 1 saturated carbocycles. The number of amides is 2. The van der Waals surface area contributed by atoms with Crippen LogP contribution in [-0.4, -0.2) is 18.9 Å². The van der Waals surface area contributed by atoms with Gasteiger partial charge in [0.25, 0.3) is 5.91 Å². The molecular formula is C23H23ClN2O3S. The summed E-state index contributed by atoms with van der Waals surface area (Å²) in [5, 5.41) is 7.12.